The van der Waals surface area contributed by atoms with Gasteiger partial charge in [0.15, 0.2) is 6.61 Å². The number of anilines is 1. The van der Waals surface area contributed by atoms with E-state index in [0.29, 0.717) is 69.1 Å². The lowest BCUT2D eigenvalue weighted by Crippen LogP contribution is -2.47. The maximum Gasteiger partial charge on any atom is 0.422 e. The Hall–Kier alpha value is -4.92. The second kappa shape index (κ2) is 16.2. The van der Waals surface area contributed by atoms with Crippen LogP contribution >= 0.6 is 0 Å². The number of hydrogen-bond donors (Lipinski definition) is 3. The van der Waals surface area contributed by atoms with E-state index in [-0.39, 0.29) is 17.2 Å². The van der Waals surface area contributed by atoms with Crippen molar-refractivity contribution in [3.05, 3.63) is 99.1 Å². The van der Waals surface area contributed by atoms with Crippen molar-refractivity contribution in [2.75, 3.05) is 44.2 Å². The fraction of sp³-hybridized carbons (Fsp3) is 0.367. The molecule has 3 N–H and O–H groups in total. The summed E-state index contributed by atoms with van der Waals surface area (Å²) >= 11 is 0. The Labute approximate surface area is 256 Å². The predicted molar refractivity (Wildman–Crippen MR) is 159 cm³/mol. The molecule has 242 valence electrons. The standard InChI is InChI=1S/C26H30F3N5O3.C4H4O4/c1-19(20-7-9-30-10-8-20)21-17-31-25(36)34(24(21)35)12-4-11-32-13-15-33(16-14-32)22-5-2-3-6-23(22)37-18-26(27,28)29;5-3(6)1-2-4(7)8/h2-3,5-10,17,19H,4,11-16,18H2,1H3,(H,31,36);1-2H,(H,5,6)(H,7,8)/b;2-1+. The number of piperazine rings is 1. The topological polar surface area (TPSA) is 158 Å². The number of aromatic amines is 1. The van der Waals surface area contributed by atoms with Gasteiger partial charge in [-0.25, -0.2) is 14.4 Å². The maximum absolute atomic E-state index is 13.1. The summed E-state index contributed by atoms with van der Waals surface area (Å²) < 4.78 is 44.1. The zero-order valence-electron chi connectivity index (χ0n) is 24.4. The SMILES string of the molecule is CC(c1ccncc1)c1c[nH]c(=O)n(CCCN2CCN(c3ccccc3OCC(F)(F)F)CC2)c1=O.O=C(O)/C=C/C(=O)O. The highest BCUT2D eigenvalue weighted by atomic mass is 19.4. The molecule has 0 aliphatic carbocycles. The molecule has 3 aromatic rings. The van der Waals surface area contributed by atoms with Gasteiger partial charge < -0.3 is 24.8 Å². The third-order valence-electron chi connectivity index (χ3n) is 6.96. The minimum absolute atomic E-state index is 0.185. The number of halogens is 3. The average Bonchev–Trinajstić information content (AvgIpc) is 3.01. The number of H-pyrrole nitrogens is 1. The predicted octanol–water partition coefficient (Wildman–Crippen LogP) is 2.95. The summed E-state index contributed by atoms with van der Waals surface area (Å²) in [7, 11) is 0. The second-order valence-corrected chi connectivity index (χ2v) is 10.1. The van der Waals surface area contributed by atoms with Crippen molar-refractivity contribution in [2.24, 2.45) is 0 Å². The third-order valence-corrected chi connectivity index (χ3v) is 6.96. The second-order valence-electron chi connectivity index (χ2n) is 10.1. The number of carboxylic acid groups (broad SMARTS) is 2. The van der Waals surface area contributed by atoms with E-state index < -0.39 is 30.4 Å². The van der Waals surface area contributed by atoms with Crippen LogP contribution in [0.3, 0.4) is 0 Å². The summed E-state index contributed by atoms with van der Waals surface area (Å²) in [5.41, 5.74) is 1.37. The van der Waals surface area contributed by atoms with Crippen LogP contribution in [-0.4, -0.2) is 87.1 Å². The van der Waals surface area contributed by atoms with Gasteiger partial charge in [-0.15, -0.1) is 0 Å². The quantitative estimate of drug-likeness (QED) is 0.268. The number of ether oxygens (including phenoxy) is 1. The molecule has 1 aromatic carbocycles. The van der Waals surface area contributed by atoms with Gasteiger partial charge in [0, 0.05) is 74.9 Å². The molecule has 0 bridgehead atoms. The van der Waals surface area contributed by atoms with E-state index in [9.17, 15) is 32.3 Å². The number of pyridine rings is 1. The molecule has 1 atom stereocenters. The molecule has 15 heteroatoms. The highest BCUT2D eigenvalue weighted by molar-refractivity contribution is 5.89. The van der Waals surface area contributed by atoms with Gasteiger partial charge in [-0.3, -0.25) is 19.2 Å². The Morgan fingerprint density at radius 1 is 1.00 bits per heavy atom. The van der Waals surface area contributed by atoms with Gasteiger partial charge >= 0.3 is 23.8 Å². The number of para-hydroxylation sites is 2. The normalized spacial score (nSPS) is 14.4. The number of carbonyl (C=O) groups is 2. The highest BCUT2D eigenvalue weighted by Crippen LogP contribution is 2.30. The Morgan fingerprint density at radius 3 is 2.22 bits per heavy atom. The number of hydrogen-bond acceptors (Lipinski definition) is 8. The minimum atomic E-state index is -4.40. The molecule has 0 radical (unpaired) electrons. The zero-order valence-corrected chi connectivity index (χ0v) is 24.4. The smallest absolute Gasteiger partial charge is 0.422 e. The summed E-state index contributed by atoms with van der Waals surface area (Å²) in [6.45, 7) is 4.24. The van der Waals surface area contributed by atoms with Gasteiger partial charge in [0.1, 0.15) is 5.75 Å². The van der Waals surface area contributed by atoms with Crippen molar-refractivity contribution in [1.82, 2.24) is 19.4 Å². The van der Waals surface area contributed by atoms with E-state index in [2.05, 4.69) is 14.9 Å². The van der Waals surface area contributed by atoms with Crippen molar-refractivity contribution >= 4 is 17.6 Å². The summed E-state index contributed by atoms with van der Waals surface area (Å²) in [4.78, 5) is 55.5. The molecule has 0 amide bonds. The van der Waals surface area contributed by atoms with Crippen molar-refractivity contribution in [1.29, 1.82) is 0 Å². The molecular formula is C30H34F3N5O7. The summed E-state index contributed by atoms with van der Waals surface area (Å²) in [6, 6.07) is 10.4. The van der Waals surface area contributed by atoms with Crippen molar-refractivity contribution in [2.45, 2.75) is 32.0 Å². The third kappa shape index (κ3) is 10.9. The van der Waals surface area contributed by atoms with Gasteiger partial charge in [-0.1, -0.05) is 19.1 Å². The first kappa shape index (κ1) is 34.6. The molecule has 1 fully saturated rings. The van der Waals surface area contributed by atoms with Crippen LogP contribution in [-0.2, 0) is 16.1 Å². The number of aliphatic carboxylic acids is 2. The van der Waals surface area contributed by atoms with Crippen LogP contribution in [0.4, 0.5) is 18.9 Å². The largest absolute Gasteiger partial charge is 0.482 e. The van der Waals surface area contributed by atoms with E-state index in [1.165, 1.54) is 10.8 Å². The Morgan fingerprint density at radius 2 is 1.62 bits per heavy atom. The molecule has 1 aliphatic heterocycles. The van der Waals surface area contributed by atoms with Gasteiger partial charge in [0.2, 0.25) is 0 Å². The first-order valence-corrected chi connectivity index (χ1v) is 14.0. The van der Waals surface area contributed by atoms with Crippen molar-refractivity contribution in [3.63, 3.8) is 0 Å². The molecule has 0 spiro atoms. The van der Waals surface area contributed by atoms with Gasteiger partial charge in [-0.2, -0.15) is 13.2 Å². The number of alkyl halides is 3. The van der Waals surface area contributed by atoms with E-state index in [1.807, 2.05) is 24.0 Å². The maximum atomic E-state index is 13.1. The number of aromatic nitrogens is 3. The number of nitrogens with zero attached hydrogens (tertiary/aromatic N) is 4. The summed E-state index contributed by atoms with van der Waals surface area (Å²) in [6.07, 6.45) is 2.16. The van der Waals surface area contributed by atoms with Crippen LogP contribution in [0.5, 0.6) is 5.75 Å². The zero-order chi connectivity index (χ0) is 33.0. The van der Waals surface area contributed by atoms with Crippen molar-refractivity contribution in [3.8, 4) is 5.75 Å². The summed E-state index contributed by atoms with van der Waals surface area (Å²) in [5, 5.41) is 15.6. The molecule has 2 aromatic heterocycles. The molecule has 0 saturated carbocycles. The molecule has 3 heterocycles. The van der Waals surface area contributed by atoms with E-state index >= 15 is 0 Å². The van der Waals surface area contributed by atoms with Crippen LogP contribution in [0.25, 0.3) is 0 Å². The Balaban J connectivity index is 0.000000610. The minimum Gasteiger partial charge on any atom is -0.482 e. The first-order chi connectivity index (χ1) is 21.4. The van der Waals surface area contributed by atoms with Crippen LogP contribution in [0.15, 0.2) is 76.7 Å². The van der Waals surface area contributed by atoms with E-state index in [0.717, 1.165) is 5.56 Å². The van der Waals surface area contributed by atoms with Crippen LogP contribution in [0.1, 0.15) is 30.4 Å². The van der Waals surface area contributed by atoms with Gasteiger partial charge in [0.25, 0.3) is 5.56 Å². The number of benzene rings is 1. The molecule has 45 heavy (non-hydrogen) atoms. The highest BCUT2D eigenvalue weighted by Gasteiger charge is 2.29. The number of rotatable bonds is 11. The Kier molecular flexibility index (Phi) is 12.5. The fourth-order valence-corrected chi connectivity index (χ4v) is 4.68. The molecular weight excluding hydrogens is 599 g/mol. The van der Waals surface area contributed by atoms with Crippen LogP contribution < -0.4 is 20.9 Å². The molecule has 1 saturated heterocycles. The molecule has 4 rings (SSSR count). The molecule has 12 nitrogen and oxygen atoms in total. The summed E-state index contributed by atoms with van der Waals surface area (Å²) in [5.74, 6) is -2.48. The number of carboxylic acids is 2. The first-order valence-electron chi connectivity index (χ1n) is 14.0. The lowest BCUT2D eigenvalue weighted by atomic mass is 9.96. The van der Waals surface area contributed by atoms with E-state index in [4.69, 9.17) is 14.9 Å². The van der Waals surface area contributed by atoms with Crippen LogP contribution in [0, 0.1) is 0 Å². The van der Waals surface area contributed by atoms with Gasteiger partial charge in [0.05, 0.1) is 5.69 Å². The lowest BCUT2D eigenvalue weighted by molar-refractivity contribution is -0.153. The van der Waals surface area contributed by atoms with Crippen LogP contribution in [0.2, 0.25) is 0 Å². The van der Waals surface area contributed by atoms with Gasteiger partial charge in [-0.05, 0) is 42.8 Å². The monoisotopic (exact) mass is 633 g/mol. The molecule has 1 aliphatic rings. The number of nitrogens with one attached hydrogen (secondary N) is 1. The van der Waals surface area contributed by atoms with Crippen molar-refractivity contribution < 1.29 is 37.7 Å². The lowest BCUT2D eigenvalue weighted by Gasteiger charge is -2.36. The molecule has 1 unspecified atom stereocenters. The fourth-order valence-electron chi connectivity index (χ4n) is 4.68. The average molecular weight is 634 g/mol. The Bertz CT molecular complexity index is 1550. The van der Waals surface area contributed by atoms with E-state index in [1.54, 1.807) is 36.7 Å².